The minimum atomic E-state index is 0.473. The fraction of sp³-hybridized carbons (Fsp3) is 0.286. The molecule has 0 aliphatic heterocycles. The normalized spacial score (nSPS) is 8.33. The van der Waals surface area contributed by atoms with Crippen molar-refractivity contribution in [1.82, 2.24) is 0 Å². The van der Waals surface area contributed by atoms with E-state index in [0.29, 0.717) is 13.2 Å². The van der Waals surface area contributed by atoms with E-state index < -0.39 is 0 Å². The molecule has 0 N–H and O–H groups in total. The highest BCUT2D eigenvalue weighted by Gasteiger charge is 1.82. The lowest BCUT2D eigenvalue weighted by Crippen LogP contribution is -1.92. The molecule has 0 atom stereocenters. The van der Waals surface area contributed by atoms with E-state index in [1.54, 1.807) is 0 Å². The van der Waals surface area contributed by atoms with Gasteiger partial charge in [0, 0.05) is 12.0 Å². The van der Waals surface area contributed by atoms with Gasteiger partial charge in [0.1, 0.15) is 6.61 Å². The van der Waals surface area contributed by atoms with Gasteiger partial charge in [-0.2, -0.15) is 0 Å². The molecule has 0 aromatic heterocycles. The van der Waals surface area contributed by atoms with E-state index in [-0.39, 0.29) is 0 Å². The third-order valence-electron chi connectivity index (χ3n) is 1.73. The van der Waals surface area contributed by atoms with E-state index in [4.69, 9.17) is 4.74 Å². The molecule has 0 unspecified atom stereocenters. The Labute approximate surface area is 91.5 Å². The summed E-state index contributed by atoms with van der Waals surface area (Å²) in [6, 6.07) is 9.89. The molecule has 0 aliphatic rings. The summed E-state index contributed by atoms with van der Waals surface area (Å²) in [7, 11) is 0. The van der Waals surface area contributed by atoms with Crippen LogP contribution in [0.2, 0.25) is 0 Å². The van der Waals surface area contributed by atoms with Gasteiger partial charge in [0.25, 0.3) is 0 Å². The Hall–Kier alpha value is -1.70. The molecule has 0 amide bonds. The standard InChI is InChI=1S/C14H14O/c1-2-3-7-12-15-13-8-11-14-9-5-4-6-10-14/h4-6,9-10H,7,12-13H2,1H3. The van der Waals surface area contributed by atoms with E-state index in [9.17, 15) is 0 Å². The van der Waals surface area contributed by atoms with E-state index in [1.807, 2.05) is 37.3 Å². The van der Waals surface area contributed by atoms with Crippen LogP contribution in [0.5, 0.6) is 0 Å². The summed E-state index contributed by atoms with van der Waals surface area (Å²) in [4.78, 5) is 0. The molecule has 1 aromatic rings. The Morgan fingerprint density at radius 2 is 1.93 bits per heavy atom. The van der Waals surface area contributed by atoms with Crippen molar-refractivity contribution in [3.63, 3.8) is 0 Å². The summed E-state index contributed by atoms with van der Waals surface area (Å²) >= 11 is 0. The van der Waals surface area contributed by atoms with Crippen molar-refractivity contribution in [1.29, 1.82) is 0 Å². The van der Waals surface area contributed by atoms with Crippen molar-refractivity contribution in [2.75, 3.05) is 13.2 Å². The highest BCUT2D eigenvalue weighted by atomic mass is 16.5. The maximum Gasteiger partial charge on any atom is 0.108 e. The molecule has 76 valence electrons. The fourth-order valence-electron chi connectivity index (χ4n) is 1.03. The highest BCUT2D eigenvalue weighted by molar-refractivity contribution is 5.33. The van der Waals surface area contributed by atoms with Crippen LogP contribution in [0.15, 0.2) is 30.3 Å². The first kappa shape index (κ1) is 11.4. The molecule has 1 rings (SSSR count). The average molecular weight is 198 g/mol. The lowest BCUT2D eigenvalue weighted by atomic mass is 10.2. The first-order valence-corrected chi connectivity index (χ1v) is 4.95. The van der Waals surface area contributed by atoms with Crippen LogP contribution in [0.4, 0.5) is 0 Å². The quantitative estimate of drug-likeness (QED) is 0.535. The van der Waals surface area contributed by atoms with Gasteiger partial charge in [0.05, 0.1) is 6.61 Å². The Bertz CT molecular complexity index is 384. The molecule has 0 aliphatic carbocycles. The van der Waals surface area contributed by atoms with Crippen LogP contribution >= 0.6 is 0 Å². The molecule has 1 nitrogen and oxygen atoms in total. The zero-order chi connectivity index (χ0) is 10.8. The molecule has 0 saturated carbocycles. The minimum Gasteiger partial charge on any atom is -0.368 e. The third-order valence-corrected chi connectivity index (χ3v) is 1.73. The summed E-state index contributed by atoms with van der Waals surface area (Å²) in [6.45, 7) is 2.96. The molecular weight excluding hydrogens is 184 g/mol. The zero-order valence-corrected chi connectivity index (χ0v) is 8.92. The molecular formula is C14H14O. The van der Waals surface area contributed by atoms with Crippen LogP contribution in [0, 0.1) is 23.7 Å². The summed E-state index contributed by atoms with van der Waals surface area (Å²) in [5.74, 6) is 11.7. The number of hydrogen-bond donors (Lipinski definition) is 0. The molecule has 0 radical (unpaired) electrons. The molecule has 0 saturated heterocycles. The van der Waals surface area contributed by atoms with E-state index >= 15 is 0 Å². The van der Waals surface area contributed by atoms with Crippen molar-refractivity contribution in [3.8, 4) is 23.7 Å². The number of ether oxygens (including phenoxy) is 1. The van der Waals surface area contributed by atoms with Crippen LogP contribution in [0.25, 0.3) is 0 Å². The molecule has 1 heteroatoms. The zero-order valence-electron chi connectivity index (χ0n) is 8.92. The average Bonchev–Trinajstić information content (AvgIpc) is 2.29. The Kier molecular flexibility index (Phi) is 5.82. The Morgan fingerprint density at radius 3 is 2.67 bits per heavy atom. The monoisotopic (exact) mass is 198 g/mol. The third kappa shape index (κ3) is 5.57. The molecule has 0 fully saturated rings. The van der Waals surface area contributed by atoms with Gasteiger partial charge >= 0.3 is 0 Å². The molecule has 0 heterocycles. The van der Waals surface area contributed by atoms with Gasteiger partial charge in [0.15, 0.2) is 0 Å². The van der Waals surface area contributed by atoms with Crippen LogP contribution < -0.4 is 0 Å². The first-order valence-electron chi connectivity index (χ1n) is 4.95. The second-order valence-corrected chi connectivity index (χ2v) is 2.90. The Morgan fingerprint density at radius 1 is 1.13 bits per heavy atom. The van der Waals surface area contributed by atoms with Gasteiger partial charge in [-0.1, -0.05) is 30.0 Å². The van der Waals surface area contributed by atoms with E-state index in [0.717, 1.165) is 12.0 Å². The van der Waals surface area contributed by atoms with Gasteiger partial charge in [-0.25, -0.2) is 0 Å². The predicted molar refractivity (Wildman–Crippen MR) is 62.2 cm³/mol. The van der Waals surface area contributed by atoms with Crippen LogP contribution in [-0.2, 0) is 4.74 Å². The van der Waals surface area contributed by atoms with Gasteiger partial charge < -0.3 is 4.74 Å². The van der Waals surface area contributed by atoms with Crippen LogP contribution in [0.3, 0.4) is 0 Å². The highest BCUT2D eigenvalue weighted by Crippen LogP contribution is 1.94. The summed E-state index contributed by atoms with van der Waals surface area (Å²) in [6.07, 6.45) is 0.781. The number of hydrogen-bond acceptors (Lipinski definition) is 1. The second kappa shape index (κ2) is 7.68. The SMILES string of the molecule is CC#CCCOCC#Cc1ccccc1. The predicted octanol–water partition coefficient (Wildman–Crippen LogP) is 2.47. The Balaban J connectivity index is 2.19. The van der Waals surface area contributed by atoms with Gasteiger partial charge in [0.2, 0.25) is 0 Å². The van der Waals surface area contributed by atoms with Gasteiger partial charge in [-0.3, -0.25) is 0 Å². The van der Waals surface area contributed by atoms with Crippen molar-refractivity contribution < 1.29 is 4.74 Å². The van der Waals surface area contributed by atoms with Crippen molar-refractivity contribution >= 4 is 0 Å². The van der Waals surface area contributed by atoms with Crippen LogP contribution in [-0.4, -0.2) is 13.2 Å². The molecule has 15 heavy (non-hydrogen) atoms. The lowest BCUT2D eigenvalue weighted by Gasteiger charge is -1.93. The number of benzene rings is 1. The number of rotatable bonds is 3. The molecule has 0 spiro atoms. The van der Waals surface area contributed by atoms with Crippen molar-refractivity contribution in [3.05, 3.63) is 35.9 Å². The molecule has 1 aromatic carbocycles. The maximum absolute atomic E-state index is 5.28. The first-order chi connectivity index (χ1) is 7.43. The summed E-state index contributed by atoms with van der Waals surface area (Å²) < 4.78 is 5.28. The van der Waals surface area contributed by atoms with E-state index in [1.165, 1.54) is 0 Å². The largest absolute Gasteiger partial charge is 0.368 e. The minimum absolute atomic E-state index is 0.473. The fourth-order valence-corrected chi connectivity index (χ4v) is 1.03. The topological polar surface area (TPSA) is 9.23 Å². The van der Waals surface area contributed by atoms with Crippen LogP contribution in [0.1, 0.15) is 18.9 Å². The molecule has 0 bridgehead atoms. The van der Waals surface area contributed by atoms with Crippen molar-refractivity contribution in [2.45, 2.75) is 13.3 Å². The van der Waals surface area contributed by atoms with Gasteiger partial charge in [-0.15, -0.1) is 11.8 Å². The van der Waals surface area contributed by atoms with Gasteiger partial charge in [-0.05, 0) is 19.1 Å². The summed E-state index contributed by atoms with van der Waals surface area (Å²) in [5, 5.41) is 0. The second-order valence-electron chi connectivity index (χ2n) is 2.90. The summed E-state index contributed by atoms with van der Waals surface area (Å²) in [5.41, 5.74) is 1.02. The maximum atomic E-state index is 5.28. The van der Waals surface area contributed by atoms with E-state index in [2.05, 4.69) is 23.7 Å². The lowest BCUT2D eigenvalue weighted by molar-refractivity contribution is 0.174. The smallest absolute Gasteiger partial charge is 0.108 e. The van der Waals surface area contributed by atoms with Crippen molar-refractivity contribution in [2.24, 2.45) is 0 Å².